The summed E-state index contributed by atoms with van der Waals surface area (Å²) in [6, 6.07) is -0.145. The second-order valence-corrected chi connectivity index (χ2v) is 6.54. The minimum Gasteiger partial charge on any atom is -0.332 e. The summed E-state index contributed by atoms with van der Waals surface area (Å²) in [7, 11) is 2.16. The van der Waals surface area contributed by atoms with E-state index in [1.165, 1.54) is 12.8 Å². The summed E-state index contributed by atoms with van der Waals surface area (Å²) in [4.78, 5) is 30.4. The molecule has 0 spiro atoms. The first-order valence-corrected chi connectivity index (χ1v) is 7.92. The van der Waals surface area contributed by atoms with Gasteiger partial charge in [-0.05, 0) is 58.2 Å². The fourth-order valence-electron chi connectivity index (χ4n) is 3.74. The lowest BCUT2D eigenvalue weighted by Crippen LogP contribution is -2.57. The highest BCUT2D eigenvalue weighted by Crippen LogP contribution is 2.25. The molecule has 0 aromatic rings. The van der Waals surface area contributed by atoms with E-state index in [2.05, 4.69) is 11.9 Å². The van der Waals surface area contributed by atoms with E-state index in [0.29, 0.717) is 6.54 Å². The Morgan fingerprint density at radius 2 is 1.85 bits per heavy atom. The molecule has 5 heteroatoms. The number of hydrogen-bond acceptors (Lipinski definition) is 3. The Labute approximate surface area is 120 Å². The summed E-state index contributed by atoms with van der Waals surface area (Å²) in [5, 5.41) is 0. The summed E-state index contributed by atoms with van der Waals surface area (Å²) in [5.74, 6) is 1.06. The fourth-order valence-corrected chi connectivity index (χ4v) is 3.74. The van der Waals surface area contributed by atoms with Gasteiger partial charge in [-0.25, -0.2) is 0 Å². The maximum atomic E-state index is 12.4. The number of nitrogens with zero attached hydrogens (tertiary/aromatic N) is 3. The number of hydrogen-bond donors (Lipinski definition) is 0. The van der Waals surface area contributed by atoms with Crippen LogP contribution in [-0.4, -0.2) is 72.3 Å². The van der Waals surface area contributed by atoms with Crippen molar-refractivity contribution in [3.8, 4) is 0 Å². The van der Waals surface area contributed by atoms with Crippen molar-refractivity contribution in [3.63, 3.8) is 0 Å². The van der Waals surface area contributed by atoms with Crippen LogP contribution >= 0.6 is 0 Å². The van der Waals surface area contributed by atoms with Gasteiger partial charge in [0.1, 0.15) is 6.04 Å². The largest absolute Gasteiger partial charge is 0.332 e. The molecule has 2 amide bonds. The van der Waals surface area contributed by atoms with Gasteiger partial charge in [-0.2, -0.15) is 0 Å². The Balaban J connectivity index is 1.52. The number of amides is 2. The molecule has 5 nitrogen and oxygen atoms in total. The van der Waals surface area contributed by atoms with Gasteiger partial charge in [0.2, 0.25) is 11.8 Å². The first-order valence-electron chi connectivity index (χ1n) is 7.92. The van der Waals surface area contributed by atoms with Gasteiger partial charge in [0.05, 0.1) is 6.54 Å². The van der Waals surface area contributed by atoms with E-state index in [9.17, 15) is 9.59 Å². The Morgan fingerprint density at radius 3 is 2.60 bits per heavy atom. The number of likely N-dealkylation sites (tertiary alicyclic amines) is 1. The molecule has 0 bridgehead atoms. The Bertz CT molecular complexity index is 391. The summed E-state index contributed by atoms with van der Waals surface area (Å²) in [5.41, 5.74) is 0. The van der Waals surface area contributed by atoms with E-state index in [1.54, 1.807) is 4.90 Å². The van der Waals surface area contributed by atoms with E-state index in [0.717, 1.165) is 51.4 Å². The summed E-state index contributed by atoms with van der Waals surface area (Å²) >= 11 is 0. The molecule has 3 fully saturated rings. The zero-order valence-corrected chi connectivity index (χ0v) is 12.4. The quantitative estimate of drug-likeness (QED) is 0.758. The van der Waals surface area contributed by atoms with E-state index >= 15 is 0 Å². The number of rotatable bonds is 3. The van der Waals surface area contributed by atoms with Gasteiger partial charge >= 0.3 is 0 Å². The van der Waals surface area contributed by atoms with Crippen molar-refractivity contribution in [1.29, 1.82) is 0 Å². The Kier molecular flexibility index (Phi) is 3.96. The van der Waals surface area contributed by atoms with E-state index in [4.69, 9.17) is 0 Å². The molecule has 3 aliphatic rings. The minimum absolute atomic E-state index is 0.145. The number of fused-ring (bicyclic) bond motifs is 1. The lowest BCUT2D eigenvalue weighted by molar-refractivity contribution is -0.153. The summed E-state index contributed by atoms with van der Waals surface area (Å²) in [6.45, 7) is 4.17. The van der Waals surface area contributed by atoms with E-state index in [-0.39, 0.29) is 17.9 Å². The number of carbonyl (C=O) groups is 2. The first-order chi connectivity index (χ1) is 9.65. The molecule has 3 aliphatic heterocycles. The third kappa shape index (κ3) is 2.68. The monoisotopic (exact) mass is 279 g/mol. The molecule has 0 saturated carbocycles. The van der Waals surface area contributed by atoms with Gasteiger partial charge in [-0.15, -0.1) is 0 Å². The fraction of sp³-hybridized carbons (Fsp3) is 0.867. The van der Waals surface area contributed by atoms with Gasteiger partial charge in [0, 0.05) is 13.1 Å². The minimum atomic E-state index is -0.145. The molecule has 3 saturated heterocycles. The van der Waals surface area contributed by atoms with Crippen molar-refractivity contribution >= 4 is 11.8 Å². The molecule has 0 radical (unpaired) electrons. The third-order valence-corrected chi connectivity index (χ3v) is 5.14. The molecular weight excluding hydrogens is 254 g/mol. The van der Waals surface area contributed by atoms with Crippen molar-refractivity contribution in [3.05, 3.63) is 0 Å². The zero-order chi connectivity index (χ0) is 14.1. The van der Waals surface area contributed by atoms with Gasteiger partial charge in [0.25, 0.3) is 0 Å². The molecule has 112 valence electrons. The molecule has 3 heterocycles. The molecule has 0 N–H and O–H groups in total. The smallest absolute Gasteiger partial charge is 0.245 e. The molecular formula is C15H25N3O2. The average molecular weight is 279 g/mol. The van der Waals surface area contributed by atoms with E-state index in [1.807, 2.05) is 4.90 Å². The predicted octanol–water partition coefficient (Wildman–Crippen LogP) is 0.552. The zero-order valence-electron chi connectivity index (χ0n) is 12.4. The topological polar surface area (TPSA) is 43.9 Å². The van der Waals surface area contributed by atoms with Gasteiger partial charge in [-0.1, -0.05) is 0 Å². The van der Waals surface area contributed by atoms with Crippen LogP contribution in [0.4, 0.5) is 0 Å². The highest BCUT2D eigenvalue weighted by Gasteiger charge is 2.41. The van der Waals surface area contributed by atoms with Crippen LogP contribution in [-0.2, 0) is 9.59 Å². The van der Waals surface area contributed by atoms with Crippen LogP contribution in [0.1, 0.15) is 32.1 Å². The van der Waals surface area contributed by atoms with Crippen molar-refractivity contribution in [1.82, 2.24) is 14.7 Å². The molecule has 20 heavy (non-hydrogen) atoms. The molecule has 1 unspecified atom stereocenters. The van der Waals surface area contributed by atoms with Crippen LogP contribution in [0.15, 0.2) is 0 Å². The standard InChI is InChI=1S/C15H25N3O2/c1-16-8-4-12(5-9-16)6-10-17-11-14(19)18-7-2-3-13(18)15(17)20/h12-13H,2-11H2,1H3. The van der Waals surface area contributed by atoms with Crippen LogP contribution < -0.4 is 0 Å². The lowest BCUT2D eigenvalue weighted by atomic mass is 9.93. The first kappa shape index (κ1) is 13.9. The SMILES string of the molecule is CN1CCC(CCN2CC(=O)N3CCCC3C2=O)CC1. The van der Waals surface area contributed by atoms with Crippen LogP contribution in [0.2, 0.25) is 0 Å². The highest BCUT2D eigenvalue weighted by molar-refractivity contribution is 5.95. The van der Waals surface area contributed by atoms with E-state index < -0.39 is 0 Å². The summed E-state index contributed by atoms with van der Waals surface area (Å²) < 4.78 is 0. The highest BCUT2D eigenvalue weighted by atomic mass is 16.2. The van der Waals surface area contributed by atoms with Crippen molar-refractivity contribution in [2.24, 2.45) is 5.92 Å². The van der Waals surface area contributed by atoms with Crippen molar-refractivity contribution < 1.29 is 9.59 Å². The number of carbonyl (C=O) groups excluding carboxylic acids is 2. The van der Waals surface area contributed by atoms with Gasteiger partial charge in [0.15, 0.2) is 0 Å². The molecule has 0 aromatic heterocycles. The maximum absolute atomic E-state index is 12.4. The molecule has 0 aromatic carbocycles. The van der Waals surface area contributed by atoms with Crippen LogP contribution in [0.5, 0.6) is 0 Å². The predicted molar refractivity (Wildman–Crippen MR) is 76.2 cm³/mol. The van der Waals surface area contributed by atoms with Crippen LogP contribution in [0, 0.1) is 5.92 Å². The third-order valence-electron chi connectivity index (χ3n) is 5.14. The second kappa shape index (κ2) is 5.72. The van der Waals surface area contributed by atoms with Crippen LogP contribution in [0.3, 0.4) is 0 Å². The van der Waals surface area contributed by atoms with Crippen LogP contribution in [0.25, 0.3) is 0 Å². The Hall–Kier alpha value is -1.10. The lowest BCUT2D eigenvalue weighted by Gasteiger charge is -2.37. The van der Waals surface area contributed by atoms with Crippen molar-refractivity contribution in [2.75, 3.05) is 39.8 Å². The number of piperidine rings is 1. The normalized spacial score (nSPS) is 29.1. The molecule has 3 rings (SSSR count). The Morgan fingerprint density at radius 1 is 1.10 bits per heavy atom. The average Bonchev–Trinajstić information content (AvgIpc) is 2.93. The van der Waals surface area contributed by atoms with Crippen molar-refractivity contribution in [2.45, 2.75) is 38.1 Å². The molecule has 1 atom stereocenters. The second-order valence-electron chi connectivity index (χ2n) is 6.54. The molecule has 0 aliphatic carbocycles. The van der Waals surface area contributed by atoms with Gasteiger partial charge < -0.3 is 14.7 Å². The summed E-state index contributed by atoms with van der Waals surface area (Å²) in [6.07, 6.45) is 5.34. The number of piperazine rings is 1. The maximum Gasteiger partial charge on any atom is 0.245 e. The van der Waals surface area contributed by atoms with Gasteiger partial charge in [-0.3, -0.25) is 9.59 Å².